The van der Waals surface area contributed by atoms with E-state index in [0.29, 0.717) is 25.1 Å². The summed E-state index contributed by atoms with van der Waals surface area (Å²) in [7, 11) is 4.36. The fourth-order valence-corrected chi connectivity index (χ4v) is 8.72. The molecule has 2 atom stereocenters. The van der Waals surface area contributed by atoms with Crippen molar-refractivity contribution >= 4 is 34.9 Å². The number of rotatable bonds is 7. The predicted octanol–water partition coefficient (Wildman–Crippen LogP) is 6.77. The van der Waals surface area contributed by atoms with E-state index in [4.69, 9.17) is 9.72 Å². The van der Waals surface area contributed by atoms with E-state index in [0.717, 1.165) is 23.6 Å². The number of fused-ring (bicyclic) bond motifs is 2. The molecule has 4 heterocycles. The molecular formula is C34H37N5O2S2. The molecule has 2 aromatic carbocycles. The first-order valence-electron chi connectivity index (χ1n) is 14.9. The van der Waals surface area contributed by atoms with Gasteiger partial charge in [0.1, 0.15) is 6.10 Å². The molecule has 1 aliphatic carbocycles. The summed E-state index contributed by atoms with van der Waals surface area (Å²) < 4.78 is 6.30. The third-order valence-electron chi connectivity index (χ3n) is 8.85. The van der Waals surface area contributed by atoms with Crippen molar-refractivity contribution in [1.82, 2.24) is 14.9 Å². The van der Waals surface area contributed by atoms with Crippen LogP contribution < -0.4 is 15.8 Å². The molecule has 2 N–H and O–H groups in total. The highest BCUT2D eigenvalue weighted by atomic mass is 32.2. The summed E-state index contributed by atoms with van der Waals surface area (Å²) >= 11 is 3.67. The Morgan fingerprint density at radius 1 is 1.05 bits per heavy atom. The van der Waals surface area contributed by atoms with Crippen LogP contribution in [-0.4, -0.2) is 54.7 Å². The minimum Gasteiger partial charge on any atom is -0.376 e. The summed E-state index contributed by atoms with van der Waals surface area (Å²) in [6.45, 7) is 4.20. The lowest BCUT2D eigenvalue weighted by Gasteiger charge is -2.44. The van der Waals surface area contributed by atoms with Gasteiger partial charge in [-0.2, -0.15) is 0 Å². The first-order valence-corrected chi connectivity index (χ1v) is 16.6. The van der Waals surface area contributed by atoms with Gasteiger partial charge in [0.25, 0.3) is 0 Å². The average molecular weight is 612 g/mol. The SMILES string of the molecule is Cc1ccc(C(Nc2ccc3c(c2)Sc2cccc(C4CN(c5cc[nH]c(=O)c5)CCO4)c2S3)C2CC(N(C)C)C2)nc1. The zero-order valence-electron chi connectivity index (χ0n) is 24.7. The van der Waals surface area contributed by atoms with Crippen molar-refractivity contribution in [1.29, 1.82) is 0 Å². The second-order valence-electron chi connectivity index (χ2n) is 12.0. The van der Waals surface area contributed by atoms with Crippen LogP contribution in [0.1, 0.15) is 41.8 Å². The number of pyridine rings is 2. The minimum absolute atomic E-state index is 0.0604. The van der Waals surface area contributed by atoms with Gasteiger partial charge in [-0.1, -0.05) is 41.7 Å². The second kappa shape index (κ2) is 12.0. The monoisotopic (exact) mass is 611 g/mol. The second-order valence-corrected chi connectivity index (χ2v) is 14.1. The topological polar surface area (TPSA) is 73.5 Å². The molecule has 1 saturated heterocycles. The number of hydrogen-bond acceptors (Lipinski definition) is 8. The molecule has 1 saturated carbocycles. The Kier molecular flexibility index (Phi) is 7.98. The van der Waals surface area contributed by atoms with Crippen LogP contribution in [0.4, 0.5) is 11.4 Å². The van der Waals surface area contributed by atoms with Crippen LogP contribution in [0, 0.1) is 12.8 Å². The maximum atomic E-state index is 11.9. The van der Waals surface area contributed by atoms with Crippen molar-refractivity contribution in [2.45, 2.75) is 57.5 Å². The van der Waals surface area contributed by atoms with Gasteiger partial charge in [-0.15, -0.1) is 0 Å². The lowest BCUT2D eigenvalue weighted by Crippen LogP contribution is -2.44. The summed E-state index contributed by atoms with van der Waals surface area (Å²) in [5.41, 5.74) is 5.50. The van der Waals surface area contributed by atoms with E-state index in [1.165, 1.54) is 43.6 Å². The zero-order valence-corrected chi connectivity index (χ0v) is 26.4. The van der Waals surface area contributed by atoms with Gasteiger partial charge in [0, 0.05) is 68.5 Å². The van der Waals surface area contributed by atoms with E-state index < -0.39 is 0 Å². The van der Waals surface area contributed by atoms with Gasteiger partial charge in [-0.05, 0) is 87.3 Å². The molecule has 7 nitrogen and oxygen atoms in total. The summed E-state index contributed by atoms with van der Waals surface area (Å²) in [6, 6.07) is 22.1. The van der Waals surface area contributed by atoms with Crippen LogP contribution in [0.2, 0.25) is 0 Å². The molecule has 3 aliphatic rings. The first kappa shape index (κ1) is 28.5. The summed E-state index contributed by atoms with van der Waals surface area (Å²) in [4.78, 5) is 29.1. The Morgan fingerprint density at radius 3 is 2.72 bits per heavy atom. The molecule has 2 fully saturated rings. The Balaban J connectivity index is 1.11. The number of hydrogen-bond donors (Lipinski definition) is 2. The molecule has 7 rings (SSSR count). The van der Waals surface area contributed by atoms with Gasteiger partial charge in [-0.25, -0.2) is 0 Å². The lowest BCUT2D eigenvalue weighted by atomic mass is 9.74. The van der Waals surface area contributed by atoms with Gasteiger partial charge < -0.3 is 24.8 Å². The van der Waals surface area contributed by atoms with E-state index in [1.807, 2.05) is 35.8 Å². The van der Waals surface area contributed by atoms with Crippen LogP contribution >= 0.6 is 23.5 Å². The number of ether oxygens (including phenoxy) is 1. The number of aryl methyl sites for hydroxylation is 1. The van der Waals surface area contributed by atoms with Crippen molar-refractivity contribution in [3.05, 3.63) is 100 Å². The number of morpholine rings is 1. The highest BCUT2D eigenvalue weighted by Crippen LogP contribution is 2.52. The molecule has 0 bridgehead atoms. The maximum absolute atomic E-state index is 11.9. The summed E-state index contributed by atoms with van der Waals surface area (Å²) in [6.07, 6.45) is 5.98. The van der Waals surface area contributed by atoms with Crippen LogP contribution in [0.15, 0.2) is 97.4 Å². The van der Waals surface area contributed by atoms with Crippen LogP contribution in [0.3, 0.4) is 0 Å². The third-order valence-corrected chi connectivity index (χ3v) is 11.5. The van der Waals surface area contributed by atoms with Gasteiger partial charge in [-0.3, -0.25) is 9.78 Å². The number of H-pyrrole nitrogens is 1. The minimum atomic E-state index is -0.0815. The molecule has 2 aliphatic heterocycles. The number of benzene rings is 2. The van der Waals surface area contributed by atoms with E-state index >= 15 is 0 Å². The molecule has 0 radical (unpaired) electrons. The first-order chi connectivity index (χ1) is 20.9. The summed E-state index contributed by atoms with van der Waals surface area (Å²) in [5, 5.41) is 3.88. The molecule has 4 aromatic rings. The van der Waals surface area contributed by atoms with Gasteiger partial charge in [0.05, 0.1) is 18.3 Å². The van der Waals surface area contributed by atoms with Gasteiger partial charge in [0.2, 0.25) is 5.56 Å². The smallest absolute Gasteiger partial charge is 0.249 e. The Labute approximate surface area is 261 Å². The molecule has 222 valence electrons. The van der Waals surface area contributed by atoms with Crippen LogP contribution in [-0.2, 0) is 4.74 Å². The fourth-order valence-electron chi connectivity index (χ4n) is 6.27. The van der Waals surface area contributed by atoms with Crippen molar-refractivity contribution in [3.8, 4) is 0 Å². The van der Waals surface area contributed by atoms with Gasteiger partial charge >= 0.3 is 0 Å². The average Bonchev–Trinajstić information content (AvgIpc) is 2.99. The summed E-state index contributed by atoms with van der Waals surface area (Å²) in [5.74, 6) is 0.549. The molecule has 0 amide bonds. The number of anilines is 2. The fraction of sp³-hybridized carbons (Fsp3) is 0.353. The van der Waals surface area contributed by atoms with E-state index in [1.54, 1.807) is 12.3 Å². The van der Waals surface area contributed by atoms with E-state index in [9.17, 15) is 4.79 Å². The molecule has 9 heteroatoms. The Morgan fingerprint density at radius 2 is 1.93 bits per heavy atom. The zero-order chi connectivity index (χ0) is 29.5. The number of nitrogens with zero attached hydrogens (tertiary/aromatic N) is 3. The van der Waals surface area contributed by atoms with E-state index in [-0.39, 0.29) is 17.7 Å². The van der Waals surface area contributed by atoms with Crippen molar-refractivity contribution < 1.29 is 4.74 Å². The highest BCUT2D eigenvalue weighted by Gasteiger charge is 2.38. The van der Waals surface area contributed by atoms with Crippen molar-refractivity contribution in [2.24, 2.45) is 5.92 Å². The van der Waals surface area contributed by atoms with Crippen LogP contribution in [0.25, 0.3) is 0 Å². The Bertz CT molecular complexity index is 1670. The quantitative estimate of drug-likeness (QED) is 0.209. The third kappa shape index (κ3) is 5.96. The molecular weight excluding hydrogens is 575 g/mol. The van der Waals surface area contributed by atoms with Crippen molar-refractivity contribution in [3.63, 3.8) is 0 Å². The molecule has 2 aromatic heterocycles. The maximum Gasteiger partial charge on any atom is 0.249 e. The standard InChI is InChI=1S/C34H37N5O2S2/c1-21-7-9-27(36-19-21)33(22-15-25(16-22)38(2)3)37-23-8-10-29-31(17-23)42-30-6-4-5-26(34(30)43-29)28-20-39(13-14-41-28)24-11-12-35-32(40)18-24/h4-12,17-19,22,25,28,33,37H,13-16,20H2,1-3H3,(H,35,40). The lowest BCUT2D eigenvalue weighted by molar-refractivity contribution is 0.0379. The molecule has 2 unspecified atom stereocenters. The largest absolute Gasteiger partial charge is 0.376 e. The Hall–Kier alpha value is -3.24. The normalized spacial score (nSPS) is 22.0. The number of aromatic amines is 1. The molecule has 0 spiro atoms. The van der Waals surface area contributed by atoms with Crippen LogP contribution in [0.5, 0.6) is 0 Å². The highest BCUT2D eigenvalue weighted by molar-refractivity contribution is 8.05. The van der Waals surface area contributed by atoms with Gasteiger partial charge in [0.15, 0.2) is 0 Å². The molecule has 43 heavy (non-hydrogen) atoms. The number of aromatic nitrogens is 2. The van der Waals surface area contributed by atoms with Crippen molar-refractivity contribution in [2.75, 3.05) is 44.0 Å². The van der Waals surface area contributed by atoms with E-state index in [2.05, 4.69) is 89.7 Å². The predicted molar refractivity (Wildman–Crippen MR) is 175 cm³/mol. The number of nitrogens with one attached hydrogen (secondary N) is 2.